The van der Waals surface area contributed by atoms with Gasteiger partial charge in [0.1, 0.15) is 6.61 Å². The number of phenolic OH excluding ortho intramolecular Hbond substituents is 1. The minimum atomic E-state index is -0.687. The molecule has 0 unspecified atom stereocenters. The number of carbonyl (C=O) groups is 1. The van der Waals surface area contributed by atoms with Gasteiger partial charge in [0.25, 0.3) is 0 Å². The van der Waals surface area contributed by atoms with Crippen LogP contribution in [0.4, 0.5) is 4.79 Å². The molecule has 0 saturated carbocycles. The lowest BCUT2D eigenvalue weighted by atomic mass is 9.77. The van der Waals surface area contributed by atoms with E-state index in [1.165, 1.54) is 18.2 Å². The van der Waals surface area contributed by atoms with E-state index in [1.807, 2.05) is 64.1 Å². The maximum absolute atomic E-state index is 12.9. The Morgan fingerprint density at radius 2 is 1.56 bits per heavy atom. The van der Waals surface area contributed by atoms with Gasteiger partial charge >= 0.3 is 13.2 Å². The first kappa shape index (κ1) is 26.8. The molecule has 3 aromatic rings. The summed E-state index contributed by atoms with van der Waals surface area (Å²) in [7, 11) is 0.812. The predicted octanol–water partition coefficient (Wildman–Crippen LogP) is 5.95. The second kappa shape index (κ2) is 10.4. The molecule has 3 aromatic carbocycles. The molecule has 0 radical (unpaired) electrons. The second-order valence-corrected chi connectivity index (χ2v) is 10.9. The first-order chi connectivity index (χ1) is 18.6. The molecule has 39 heavy (non-hydrogen) atoms. The number of hydrogen-bond acceptors (Lipinski definition) is 6. The van der Waals surface area contributed by atoms with Crippen LogP contribution in [0.15, 0.2) is 72.2 Å². The second-order valence-electron chi connectivity index (χ2n) is 10.9. The van der Waals surface area contributed by atoms with Gasteiger partial charge in [-0.1, -0.05) is 60.7 Å². The SMILES string of the molecule is COc1ccc(C=C(CNC(=O)OCC2c3ccccc3-c3ccccc32)B2OC(C)(C)C(C)(C)O2)cc1O. The van der Waals surface area contributed by atoms with Crippen LogP contribution in [0.1, 0.15) is 50.3 Å². The van der Waals surface area contributed by atoms with Crippen LogP contribution < -0.4 is 10.1 Å². The van der Waals surface area contributed by atoms with Crippen LogP contribution >= 0.6 is 0 Å². The van der Waals surface area contributed by atoms with Crippen LogP contribution in [-0.2, 0) is 14.0 Å². The molecular weight excluding hydrogens is 493 g/mol. The van der Waals surface area contributed by atoms with E-state index in [9.17, 15) is 9.90 Å². The normalized spacial score (nSPS) is 17.5. The number of phenols is 1. The number of ether oxygens (including phenoxy) is 2. The summed E-state index contributed by atoms with van der Waals surface area (Å²) in [4.78, 5) is 12.9. The molecular formula is C31H34BNO6. The minimum absolute atomic E-state index is 0.0176. The number of fused-ring (bicyclic) bond motifs is 3. The largest absolute Gasteiger partial charge is 0.504 e. The average molecular weight is 527 g/mol. The van der Waals surface area contributed by atoms with Crippen molar-refractivity contribution in [2.45, 2.75) is 44.8 Å². The van der Waals surface area contributed by atoms with Crippen LogP contribution in [0.25, 0.3) is 17.2 Å². The number of alkyl carbamates (subject to hydrolysis) is 1. The maximum atomic E-state index is 12.9. The van der Waals surface area contributed by atoms with Crippen molar-refractivity contribution in [1.29, 1.82) is 0 Å². The van der Waals surface area contributed by atoms with E-state index in [0.717, 1.165) is 11.1 Å². The van der Waals surface area contributed by atoms with E-state index in [0.29, 0.717) is 16.8 Å². The molecule has 8 heteroatoms. The molecule has 0 atom stereocenters. The van der Waals surface area contributed by atoms with Gasteiger partial charge in [-0.15, -0.1) is 0 Å². The summed E-state index contributed by atoms with van der Waals surface area (Å²) < 4.78 is 23.4. The molecule has 1 aliphatic carbocycles. The van der Waals surface area contributed by atoms with Crippen molar-refractivity contribution in [3.63, 3.8) is 0 Å². The molecule has 1 heterocycles. The molecule has 1 fully saturated rings. The fraction of sp³-hybridized carbons (Fsp3) is 0.323. The van der Waals surface area contributed by atoms with E-state index in [4.69, 9.17) is 18.8 Å². The topological polar surface area (TPSA) is 86.3 Å². The first-order valence-corrected chi connectivity index (χ1v) is 13.1. The number of aromatic hydroxyl groups is 1. The van der Waals surface area contributed by atoms with Gasteiger partial charge in [0.05, 0.1) is 18.3 Å². The molecule has 1 saturated heterocycles. The van der Waals surface area contributed by atoms with Crippen LogP contribution in [0, 0.1) is 0 Å². The summed E-state index contributed by atoms with van der Waals surface area (Å²) in [5, 5.41) is 13.1. The van der Waals surface area contributed by atoms with E-state index < -0.39 is 24.4 Å². The van der Waals surface area contributed by atoms with Crippen molar-refractivity contribution in [3.8, 4) is 22.6 Å². The van der Waals surface area contributed by atoms with Gasteiger partial charge in [-0.3, -0.25) is 0 Å². The van der Waals surface area contributed by atoms with Crippen molar-refractivity contribution >= 4 is 19.3 Å². The average Bonchev–Trinajstić information content (AvgIpc) is 3.34. The zero-order chi connectivity index (χ0) is 27.8. The zero-order valence-corrected chi connectivity index (χ0v) is 23.0. The third kappa shape index (κ3) is 5.27. The predicted molar refractivity (Wildman–Crippen MR) is 152 cm³/mol. The first-order valence-electron chi connectivity index (χ1n) is 13.1. The summed E-state index contributed by atoms with van der Waals surface area (Å²) in [5.74, 6) is 0.369. The molecule has 1 amide bonds. The molecule has 2 N–H and O–H groups in total. The lowest BCUT2D eigenvalue weighted by Crippen LogP contribution is -2.41. The van der Waals surface area contributed by atoms with Gasteiger partial charge < -0.3 is 29.2 Å². The smallest absolute Gasteiger partial charge is 0.492 e. The number of carbonyl (C=O) groups excluding carboxylic acids is 1. The Hall–Kier alpha value is -3.75. The molecule has 0 aromatic heterocycles. The number of rotatable bonds is 7. The Kier molecular flexibility index (Phi) is 7.18. The van der Waals surface area contributed by atoms with Gasteiger partial charge in [0.15, 0.2) is 11.5 Å². The van der Waals surface area contributed by atoms with Gasteiger partial charge in [-0.25, -0.2) is 4.79 Å². The Morgan fingerprint density at radius 3 is 2.13 bits per heavy atom. The van der Waals surface area contributed by atoms with Crippen molar-refractivity contribution in [3.05, 3.63) is 88.9 Å². The third-order valence-electron chi connectivity index (χ3n) is 7.89. The number of nitrogens with one attached hydrogen (secondary N) is 1. The highest BCUT2D eigenvalue weighted by Gasteiger charge is 2.52. The van der Waals surface area contributed by atoms with E-state index in [1.54, 1.807) is 12.1 Å². The Labute approximate surface area is 229 Å². The summed E-state index contributed by atoms with van der Waals surface area (Å²) in [5.41, 5.74) is 4.96. The molecule has 0 bridgehead atoms. The zero-order valence-electron chi connectivity index (χ0n) is 23.0. The molecule has 202 valence electrons. The summed E-state index contributed by atoms with van der Waals surface area (Å²) >= 11 is 0. The molecule has 5 rings (SSSR count). The number of amides is 1. The van der Waals surface area contributed by atoms with Crippen molar-refractivity contribution in [1.82, 2.24) is 5.32 Å². The van der Waals surface area contributed by atoms with Crippen molar-refractivity contribution in [2.75, 3.05) is 20.3 Å². The minimum Gasteiger partial charge on any atom is -0.504 e. The fourth-order valence-electron chi connectivity index (χ4n) is 5.03. The van der Waals surface area contributed by atoms with Crippen LogP contribution in [0.3, 0.4) is 0 Å². The number of benzene rings is 3. The quantitative estimate of drug-likeness (QED) is 0.369. The number of methoxy groups -OCH3 is 1. The summed E-state index contributed by atoms with van der Waals surface area (Å²) in [6.45, 7) is 8.26. The van der Waals surface area contributed by atoms with Crippen LogP contribution in [-0.4, -0.2) is 49.8 Å². The van der Waals surface area contributed by atoms with E-state index in [2.05, 4.69) is 29.6 Å². The summed E-state index contributed by atoms with van der Waals surface area (Å²) in [6.07, 6.45) is 1.31. The Bertz CT molecular complexity index is 1350. The fourth-order valence-corrected chi connectivity index (χ4v) is 5.03. The van der Waals surface area contributed by atoms with Crippen molar-refractivity contribution < 1.29 is 28.7 Å². The number of hydrogen-bond donors (Lipinski definition) is 2. The van der Waals surface area contributed by atoms with Crippen molar-refractivity contribution in [2.24, 2.45) is 0 Å². The maximum Gasteiger partial charge on any atom is 0.492 e. The lowest BCUT2D eigenvalue weighted by Gasteiger charge is -2.32. The molecule has 7 nitrogen and oxygen atoms in total. The highest BCUT2D eigenvalue weighted by atomic mass is 16.7. The highest BCUT2D eigenvalue weighted by molar-refractivity contribution is 6.56. The van der Waals surface area contributed by atoms with Crippen LogP contribution in [0.5, 0.6) is 11.5 Å². The summed E-state index contributed by atoms with van der Waals surface area (Å²) in [6, 6.07) is 21.5. The lowest BCUT2D eigenvalue weighted by molar-refractivity contribution is 0.00578. The molecule has 2 aliphatic rings. The third-order valence-corrected chi connectivity index (χ3v) is 7.89. The van der Waals surface area contributed by atoms with Gasteiger partial charge in [0.2, 0.25) is 0 Å². The molecule has 0 spiro atoms. The van der Waals surface area contributed by atoms with E-state index in [-0.39, 0.29) is 24.8 Å². The van der Waals surface area contributed by atoms with Gasteiger partial charge in [-0.2, -0.15) is 0 Å². The van der Waals surface area contributed by atoms with Crippen LogP contribution in [0.2, 0.25) is 0 Å². The monoisotopic (exact) mass is 527 g/mol. The highest BCUT2D eigenvalue weighted by Crippen LogP contribution is 2.44. The standard InChI is InChI=1S/C31H34BNO6/c1-30(2)31(3,4)39-32(38-30)21(16-20-14-15-28(36-5)27(34)17-20)18-33-29(35)37-19-26-24-12-8-6-10-22(24)23-11-7-9-13-25(23)26/h6-17,26,34H,18-19H2,1-5H3,(H,33,35). The Balaban J connectivity index is 1.31. The Morgan fingerprint density at radius 1 is 0.974 bits per heavy atom. The van der Waals surface area contributed by atoms with E-state index >= 15 is 0 Å². The van der Waals surface area contributed by atoms with Gasteiger partial charge in [0, 0.05) is 12.5 Å². The molecule has 1 aliphatic heterocycles. The van der Waals surface area contributed by atoms with Gasteiger partial charge in [-0.05, 0) is 73.1 Å².